The molecular formula is C19H20FN5O. The number of hydrogen-bond acceptors (Lipinski definition) is 6. The summed E-state index contributed by atoms with van der Waals surface area (Å²) in [5.74, 6) is 1.52. The first-order valence-corrected chi connectivity index (χ1v) is 8.76. The Hall–Kier alpha value is -2.88. The highest BCUT2D eigenvalue weighted by atomic mass is 19.1. The number of hydrogen-bond donors (Lipinski definition) is 0. The summed E-state index contributed by atoms with van der Waals surface area (Å²) in [7, 11) is 1.59. The van der Waals surface area contributed by atoms with Crippen LogP contribution in [-0.4, -0.2) is 42.8 Å². The Labute approximate surface area is 151 Å². The average molecular weight is 353 g/mol. The largest absolute Gasteiger partial charge is 0.494 e. The Bertz CT molecular complexity index is 835. The number of piperidine rings is 1. The molecule has 134 valence electrons. The van der Waals surface area contributed by atoms with Crippen LogP contribution in [0.15, 0.2) is 30.6 Å². The van der Waals surface area contributed by atoms with Crippen LogP contribution in [0.3, 0.4) is 0 Å². The van der Waals surface area contributed by atoms with Gasteiger partial charge in [0.15, 0.2) is 5.75 Å². The summed E-state index contributed by atoms with van der Waals surface area (Å²) in [6, 6.07) is 6.87. The van der Waals surface area contributed by atoms with Gasteiger partial charge >= 0.3 is 0 Å². The van der Waals surface area contributed by atoms with E-state index in [2.05, 4.69) is 19.8 Å². The van der Waals surface area contributed by atoms with E-state index in [1.165, 1.54) is 12.1 Å². The van der Waals surface area contributed by atoms with E-state index in [4.69, 9.17) is 10.00 Å². The number of nitriles is 1. The van der Waals surface area contributed by atoms with Gasteiger partial charge in [0.2, 0.25) is 5.95 Å². The van der Waals surface area contributed by atoms with E-state index in [9.17, 15) is 4.39 Å². The number of rotatable bonds is 3. The molecular weight excluding hydrogens is 333 g/mol. The van der Waals surface area contributed by atoms with Crippen LogP contribution < -0.4 is 14.5 Å². The third-order valence-corrected chi connectivity index (χ3v) is 5.34. The second kappa shape index (κ2) is 6.79. The van der Waals surface area contributed by atoms with Crippen molar-refractivity contribution in [2.45, 2.75) is 18.9 Å². The van der Waals surface area contributed by atoms with Crippen molar-refractivity contribution in [2.75, 3.05) is 36.5 Å². The van der Waals surface area contributed by atoms with E-state index >= 15 is 0 Å². The second-order valence-electron chi connectivity index (χ2n) is 6.78. The fourth-order valence-electron chi connectivity index (χ4n) is 4.03. The minimum absolute atomic E-state index is 0.266. The van der Waals surface area contributed by atoms with Gasteiger partial charge in [0, 0.05) is 31.4 Å². The number of benzene rings is 1. The molecule has 0 radical (unpaired) electrons. The van der Waals surface area contributed by atoms with Crippen molar-refractivity contribution in [1.29, 1.82) is 5.26 Å². The normalized spacial score (nSPS) is 22.0. The Morgan fingerprint density at radius 2 is 1.96 bits per heavy atom. The summed E-state index contributed by atoms with van der Waals surface area (Å²) in [4.78, 5) is 13.2. The van der Waals surface area contributed by atoms with E-state index < -0.39 is 0 Å². The van der Waals surface area contributed by atoms with Crippen LogP contribution in [-0.2, 0) is 0 Å². The number of methoxy groups -OCH3 is 1. The van der Waals surface area contributed by atoms with Crippen LogP contribution in [0.4, 0.5) is 16.0 Å². The molecule has 0 saturated carbocycles. The molecule has 1 aromatic carbocycles. The van der Waals surface area contributed by atoms with E-state index in [0.29, 0.717) is 23.2 Å². The van der Waals surface area contributed by atoms with Gasteiger partial charge in [0.25, 0.3) is 0 Å². The minimum Gasteiger partial charge on any atom is -0.494 e. The highest BCUT2D eigenvalue weighted by molar-refractivity contribution is 5.54. The number of nitrogens with zero attached hydrogens (tertiary/aromatic N) is 5. The fourth-order valence-corrected chi connectivity index (χ4v) is 4.03. The lowest BCUT2D eigenvalue weighted by molar-refractivity contribution is 0.385. The molecule has 2 aliphatic heterocycles. The summed E-state index contributed by atoms with van der Waals surface area (Å²) >= 11 is 0. The van der Waals surface area contributed by atoms with Crippen LogP contribution in [0.1, 0.15) is 18.4 Å². The molecule has 0 N–H and O–H groups in total. The fraction of sp³-hybridized carbons (Fsp3) is 0.421. The van der Waals surface area contributed by atoms with Crippen LogP contribution in [0.25, 0.3) is 0 Å². The zero-order chi connectivity index (χ0) is 18.1. The number of fused-ring (bicyclic) bond motifs is 1. The van der Waals surface area contributed by atoms with Crippen molar-refractivity contribution in [3.63, 3.8) is 0 Å². The Morgan fingerprint density at radius 3 is 2.69 bits per heavy atom. The lowest BCUT2D eigenvalue weighted by Crippen LogP contribution is -2.49. The first-order chi connectivity index (χ1) is 12.7. The number of halogens is 1. The van der Waals surface area contributed by atoms with Crippen LogP contribution in [0, 0.1) is 23.1 Å². The molecule has 0 amide bonds. The van der Waals surface area contributed by atoms with Gasteiger partial charge < -0.3 is 14.5 Å². The molecule has 2 fully saturated rings. The van der Waals surface area contributed by atoms with Crippen molar-refractivity contribution in [2.24, 2.45) is 5.92 Å². The third kappa shape index (κ3) is 3.03. The smallest absolute Gasteiger partial charge is 0.225 e. The second-order valence-corrected chi connectivity index (χ2v) is 6.78. The molecule has 2 unspecified atom stereocenters. The first kappa shape index (κ1) is 16.6. The molecule has 3 heterocycles. The number of anilines is 2. The van der Waals surface area contributed by atoms with Crippen molar-refractivity contribution < 1.29 is 9.13 Å². The summed E-state index contributed by atoms with van der Waals surface area (Å²) in [6.45, 7) is 2.57. The summed E-state index contributed by atoms with van der Waals surface area (Å²) in [5.41, 5.74) is 1.14. The molecule has 4 rings (SSSR count). The zero-order valence-electron chi connectivity index (χ0n) is 14.6. The van der Waals surface area contributed by atoms with E-state index in [1.807, 2.05) is 6.07 Å². The van der Waals surface area contributed by atoms with Crippen LogP contribution >= 0.6 is 0 Å². The van der Waals surface area contributed by atoms with Gasteiger partial charge in [-0.3, -0.25) is 0 Å². The Balaban J connectivity index is 1.57. The van der Waals surface area contributed by atoms with Crippen molar-refractivity contribution in [3.05, 3.63) is 42.0 Å². The predicted molar refractivity (Wildman–Crippen MR) is 95.8 cm³/mol. The molecule has 2 aromatic rings. The summed E-state index contributed by atoms with van der Waals surface area (Å²) < 4.78 is 19.0. The summed E-state index contributed by atoms with van der Waals surface area (Å²) in [5, 5.41) is 9.13. The van der Waals surface area contributed by atoms with Gasteiger partial charge in [0.05, 0.1) is 31.1 Å². The maximum atomic E-state index is 13.9. The van der Waals surface area contributed by atoms with Gasteiger partial charge in [-0.2, -0.15) is 5.26 Å². The summed E-state index contributed by atoms with van der Waals surface area (Å²) in [6.07, 6.45) is 5.48. The van der Waals surface area contributed by atoms with E-state index in [-0.39, 0.29) is 11.9 Å². The Kier molecular flexibility index (Phi) is 4.33. The molecule has 0 aliphatic carbocycles. The highest BCUT2D eigenvalue weighted by Gasteiger charge is 2.39. The topological polar surface area (TPSA) is 65.3 Å². The predicted octanol–water partition coefficient (Wildman–Crippen LogP) is 2.60. The third-order valence-electron chi connectivity index (χ3n) is 5.34. The van der Waals surface area contributed by atoms with Gasteiger partial charge in [-0.15, -0.1) is 0 Å². The molecule has 1 aromatic heterocycles. The standard InChI is InChI=1S/C19H20FN5O/c1-26-17-10-22-19(23-11-17)24-4-2-14-3-5-25(18(14)12-24)16-7-13(9-21)6-15(20)8-16/h6-8,10-11,14,18H,2-5,12H2,1H3. The molecule has 0 spiro atoms. The maximum absolute atomic E-state index is 13.9. The average Bonchev–Trinajstić information content (AvgIpc) is 3.10. The molecule has 2 saturated heterocycles. The van der Waals surface area contributed by atoms with Crippen LogP contribution in [0.5, 0.6) is 5.75 Å². The minimum atomic E-state index is -0.367. The molecule has 0 bridgehead atoms. The SMILES string of the molecule is COc1cnc(N2CCC3CCN(c4cc(F)cc(C#N)c4)C3C2)nc1. The van der Waals surface area contributed by atoms with Gasteiger partial charge in [-0.25, -0.2) is 14.4 Å². The van der Waals surface area contributed by atoms with Gasteiger partial charge in [-0.1, -0.05) is 0 Å². The van der Waals surface area contributed by atoms with Gasteiger partial charge in [0.1, 0.15) is 5.82 Å². The van der Waals surface area contributed by atoms with Crippen molar-refractivity contribution in [1.82, 2.24) is 9.97 Å². The Morgan fingerprint density at radius 1 is 1.19 bits per heavy atom. The highest BCUT2D eigenvalue weighted by Crippen LogP contribution is 2.36. The molecule has 6 nitrogen and oxygen atoms in total. The van der Waals surface area contributed by atoms with Crippen molar-refractivity contribution >= 4 is 11.6 Å². The molecule has 26 heavy (non-hydrogen) atoms. The van der Waals surface area contributed by atoms with E-state index in [0.717, 1.165) is 38.2 Å². The number of aromatic nitrogens is 2. The molecule has 2 atom stereocenters. The lowest BCUT2D eigenvalue weighted by atomic mass is 9.92. The maximum Gasteiger partial charge on any atom is 0.225 e. The van der Waals surface area contributed by atoms with E-state index in [1.54, 1.807) is 25.6 Å². The quantitative estimate of drug-likeness (QED) is 0.845. The number of ether oxygens (including phenoxy) is 1. The monoisotopic (exact) mass is 353 g/mol. The lowest BCUT2D eigenvalue weighted by Gasteiger charge is -2.39. The zero-order valence-corrected chi connectivity index (χ0v) is 14.6. The molecule has 2 aliphatic rings. The van der Waals surface area contributed by atoms with Crippen molar-refractivity contribution in [3.8, 4) is 11.8 Å². The first-order valence-electron chi connectivity index (χ1n) is 8.76. The van der Waals surface area contributed by atoms with Crippen LogP contribution in [0.2, 0.25) is 0 Å². The molecule has 7 heteroatoms. The van der Waals surface area contributed by atoms with Gasteiger partial charge in [-0.05, 0) is 37.0 Å².